The quantitative estimate of drug-likeness (QED) is 0.410. The van der Waals surface area contributed by atoms with E-state index in [1.54, 1.807) is 17.8 Å². The molecule has 2 N–H and O–H groups in total. The third-order valence-corrected chi connectivity index (χ3v) is 6.41. The number of hydrogen-bond acceptors (Lipinski definition) is 4. The van der Waals surface area contributed by atoms with Crippen LogP contribution in [0.2, 0.25) is 0 Å². The van der Waals surface area contributed by atoms with Crippen LogP contribution in [0.15, 0.2) is 66.7 Å². The maximum atomic E-state index is 13.2. The Hall–Kier alpha value is -2.49. The predicted molar refractivity (Wildman–Crippen MR) is 138 cm³/mol. The van der Waals surface area contributed by atoms with E-state index in [1.165, 1.54) is 5.56 Å². The van der Waals surface area contributed by atoms with Crippen molar-refractivity contribution < 1.29 is 38.3 Å². The number of benzene rings is 3. The Morgan fingerprint density at radius 2 is 1.63 bits per heavy atom. The zero-order chi connectivity index (χ0) is 24.5. The molecular formula is C28H31LiNO4S+. The number of ether oxygens (including phenoxy) is 1. The van der Waals surface area contributed by atoms with Crippen LogP contribution in [-0.4, -0.2) is 35.0 Å². The van der Waals surface area contributed by atoms with Crippen molar-refractivity contribution in [3.8, 4) is 11.1 Å². The molecule has 1 amide bonds. The Labute approximate surface area is 223 Å². The van der Waals surface area contributed by atoms with Gasteiger partial charge in [0.2, 0.25) is 0 Å². The Kier molecular flexibility index (Phi) is 11.6. The number of nitrogens with one attached hydrogen (secondary N) is 1. The Morgan fingerprint density at radius 3 is 2.29 bits per heavy atom. The van der Waals surface area contributed by atoms with Gasteiger partial charge in [-0.25, -0.2) is 4.79 Å². The fraction of sp³-hybridized carbons (Fsp3) is 0.286. The van der Waals surface area contributed by atoms with Gasteiger partial charge in [-0.05, 0) is 77.8 Å². The van der Waals surface area contributed by atoms with Crippen molar-refractivity contribution in [2.45, 2.75) is 39.5 Å². The third-order valence-electron chi connectivity index (χ3n) is 5.77. The second-order valence-corrected chi connectivity index (χ2v) is 9.25. The summed E-state index contributed by atoms with van der Waals surface area (Å²) in [6, 6.07) is 20.6. The number of carboxylic acids is 1. The molecule has 0 aliphatic rings. The second-order valence-electron chi connectivity index (χ2n) is 8.26. The number of hydrogen-bond donors (Lipinski definition) is 2. The minimum Gasteiger partial charge on any atom is -0.480 e. The van der Waals surface area contributed by atoms with Crippen LogP contribution in [0.25, 0.3) is 11.1 Å². The fourth-order valence-corrected chi connectivity index (χ4v) is 4.23. The summed E-state index contributed by atoms with van der Waals surface area (Å²) in [6.45, 7) is 4.97. The molecule has 35 heavy (non-hydrogen) atoms. The molecule has 1 atom stereocenters. The summed E-state index contributed by atoms with van der Waals surface area (Å²) in [6.07, 6.45) is 2.28. The maximum absolute atomic E-state index is 13.2. The van der Waals surface area contributed by atoms with Gasteiger partial charge < -0.3 is 15.2 Å². The molecule has 178 valence electrons. The summed E-state index contributed by atoms with van der Waals surface area (Å²) < 4.78 is 5.97. The van der Waals surface area contributed by atoms with Crippen LogP contribution in [0, 0.1) is 13.8 Å². The SMILES string of the molecule is CSCCC(NC(=O)c1ccc(COCc2ccccc2C)cc1-c1ccccc1C)C(=O)O.[Li+]. The number of thioether (sulfide) groups is 1. The Morgan fingerprint density at radius 1 is 0.943 bits per heavy atom. The minimum atomic E-state index is -1.03. The first-order chi connectivity index (χ1) is 16.4. The molecule has 3 rings (SSSR count). The van der Waals surface area contributed by atoms with Crippen LogP contribution in [0.5, 0.6) is 0 Å². The van der Waals surface area contributed by atoms with E-state index in [2.05, 4.69) is 24.4 Å². The van der Waals surface area contributed by atoms with E-state index in [9.17, 15) is 14.7 Å². The smallest absolute Gasteiger partial charge is 0.480 e. The van der Waals surface area contributed by atoms with Crippen LogP contribution < -0.4 is 24.2 Å². The summed E-state index contributed by atoms with van der Waals surface area (Å²) in [5.74, 6) is -0.765. The van der Waals surface area contributed by atoms with Gasteiger partial charge in [0, 0.05) is 5.56 Å². The van der Waals surface area contributed by atoms with Crippen molar-refractivity contribution in [3.63, 3.8) is 0 Å². The molecule has 1 unspecified atom stereocenters. The topological polar surface area (TPSA) is 75.6 Å². The van der Waals surface area contributed by atoms with E-state index in [4.69, 9.17) is 4.74 Å². The predicted octanol–water partition coefficient (Wildman–Crippen LogP) is 2.63. The summed E-state index contributed by atoms with van der Waals surface area (Å²) in [7, 11) is 0. The molecule has 3 aromatic rings. The standard InChI is InChI=1S/C28H31NO4S.Li/c1-19-8-4-6-10-22(19)18-33-17-21-12-13-24(25(16-21)23-11-7-5-9-20(23)2)27(30)29-26(28(31)32)14-15-34-3;/h4-13,16,26H,14-15,17-18H2,1-3H3,(H,29,30)(H,31,32);/q;+1. The van der Waals surface area contributed by atoms with E-state index in [0.29, 0.717) is 31.0 Å². The van der Waals surface area contributed by atoms with Gasteiger partial charge in [0.15, 0.2) is 0 Å². The molecule has 3 aromatic carbocycles. The largest absolute Gasteiger partial charge is 1.00 e. The monoisotopic (exact) mass is 484 g/mol. The summed E-state index contributed by atoms with van der Waals surface area (Å²) in [5.41, 5.74) is 6.46. The number of amides is 1. The number of carboxylic acid groups (broad SMARTS) is 1. The van der Waals surface area contributed by atoms with Crippen LogP contribution in [0.3, 0.4) is 0 Å². The van der Waals surface area contributed by atoms with Crippen molar-refractivity contribution in [3.05, 3.63) is 94.5 Å². The molecular weight excluding hydrogens is 453 g/mol. The number of aliphatic carboxylic acids is 1. The van der Waals surface area contributed by atoms with Gasteiger partial charge in [-0.2, -0.15) is 11.8 Å². The Bertz CT molecular complexity index is 1150. The molecule has 0 aliphatic carbocycles. The van der Waals surface area contributed by atoms with E-state index < -0.39 is 12.0 Å². The van der Waals surface area contributed by atoms with E-state index >= 15 is 0 Å². The molecule has 0 radical (unpaired) electrons. The molecule has 0 aliphatic heterocycles. The van der Waals surface area contributed by atoms with Crippen LogP contribution in [0.1, 0.15) is 39.0 Å². The third kappa shape index (κ3) is 8.01. The average Bonchev–Trinajstić information content (AvgIpc) is 2.83. The van der Waals surface area contributed by atoms with Gasteiger partial charge in [0.25, 0.3) is 5.91 Å². The number of carbonyl (C=O) groups is 2. The van der Waals surface area contributed by atoms with Gasteiger partial charge in [-0.1, -0.05) is 54.6 Å². The molecule has 0 bridgehead atoms. The van der Waals surface area contributed by atoms with Gasteiger partial charge in [-0.15, -0.1) is 0 Å². The van der Waals surface area contributed by atoms with E-state index in [-0.39, 0.29) is 24.8 Å². The zero-order valence-corrected chi connectivity index (χ0v) is 21.7. The van der Waals surface area contributed by atoms with Crippen molar-refractivity contribution in [1.29, 1.82) is 0 Å². The number of carbonyl (C=O) groups excluding carboxylic acids is 1. The van der Waals surface area contributed by atoms with Crippen LogP contribution in [0.4, 0.5) is 0 Å². The van der Waals surface area contributed by atoms with Crippen molar-refractivity contribution in [2.24, 2.45) is 0 Å². The summed E-state index contributed by atoms with van der Waals surface area (Å²) in [4.78, 5) is 24.8. The molecule has 7 heteroatoms. The van der Waals surface area contributed by atoms with Crippen molar-refractivity contribution in [1.82, 2.24) is 5.32 Å². The molecule has 5 nitrogen and oxygen atoms in total. The van der Waals surface area contributed by atoms with Crippen molar-refractivity contribution >= 4 is 23.6 Å². The fourth-order valence-electron chi connectivity index (χ4n) is 3.76. The molecule has 0 saturated heterocycles. The number of aryl methyl sites for hydroxylation is 2. The van der Waals surface area contributed by atoms with Crippen LogP contribution >= 0.6 is 11.8 Å². The molecule has 0 heterocycles. The maximum Gasteiger partial charge on any atom is 1.00 e. The van der Waals surface area contributed by atoms with E-state index in [1.807, 2.05) is 61.7 Å². The van der Waals surface area contributed by atoms with Crippen LogP contribution in [-0.2, 0) is 22.7 Å². The van der Waals surface area contributed by atoms with E-state index in [0.717, 1.165) is 27.8 Å². The normalized spacial score (nSPS) is 11.4. The Balaban J connectivity index is 0.00000432. The average molecular weight is 485 g/mol. The summed E-state index contributed by atoms with van der Waals surface area (Å²) >= 11 is 1.55. The molecule has 0 saturated carbocycles. The van der Waals surface area contributed by atoms with Gasteiger partial charge in [-0.3, -0.25) is 4.79 Å². The first kappa shape index (κ1) is 28.7. The first-order valence-electron chi connectivity index (χ1n) is 11.2. The summed E-state index contributed by atoms with van der Waals surface area (Å²) in [5, 5.41) is 12.2. The second kappa shape index (κ2) is 14.2. The van der Waals surface area contributed by atoms with Crippen molar-refractivity contribution in [2.75, 3.05) is 12.0 Å². The molecule has 0 fully saturated rings. The van der Waals surface area contributed by atoms with Gasteiger partial charge >= 0.3 is 24.8 Å². The first-order valence-corrected chi connectivity index (χ1v) is 12.6. The number of rotatable bonds is 11. The molecule has 0 spiro atoms. The van der Waals surface area contributed by atoms with Gasteiger partial charge in [0.05, 0.1) is 13.2 Å². The van der Waals surface area contributed by atoms with Gasteiger partial charge in [0.1, 0.15) is 6.04 Å². The molecule has 0 aromatic heterocycles. The minimum absolute atomic E-state index is 0. The zero-order valence-electron chi connectivity index (χ0n) is 20.8.